The fourth-order valence-electron chi connectivity index (χ4n) is 1.93. The van der Waals surface area contributed by atoms with Gasteiger partial charge in [0.25, 0.3) is 11.8 Å². The van der Waals surface area contributed by atoms with Crippen LogP contribution in [0.3, 0.4) is 0 Å². The average molecular weight is 306 g/mol. The van der Waals surface area contributed by atoms with Crippen LogP contribution in [0.5, 0.6) is 0 Å². The van der Waals surface area contributed by atoms with E-state index in [9.17, 15) is 14.0 Å². The van der Waals surface area contributed by atoms with Crippen molar-refractivity contribution in [1.82, 2.24) is 5.32 Å². The van der Waals surface area contributed by atoms with Gasteiger partial charge >= 0.3 is 0 Å². The number of carbonyl (C=O) groups is 2. The highest BCUT2D eigenvalue weighted by atomic mass is 32.1. The summed E-state index contributed by atoms with van der Waals surface area (Å²) in [4.78, 5) is 25.0. The van der Waals surface area contributed by atoms with E-state index in [1.165, 1.54) is 36.6 Å². The molecule has 0 aliphatic rings. The minimum absolute atomic E-state index is 0.0518. The summed E-state index contributed by atoms with van der Waals surface area (Å²) in [6.45, 7) is 3.68. The number of nitrogens with one attached hydrogen (secondary N) is 2. The molecule has 0 fully saturated rings. The molecule has 0 unspecified atom stereocenters. The maximum absolute atomic E-state index is 13.6. The molecular weight excluding hydrogens is 291 g/mol. The van der Waals surface area contributed by atoms with E-state index in [1.54, 1.807) is 6.07 Å². The third kappa shape index (κ3) is 2.95. The molecule has 110 valence electrons. The van der Waals surface area contributed by atoms with Gasteiger partial charge in [0.1, 0.15) is 10.8 Å². The lowest BCUT2D eigenvalue weighted by Crippen LogP contribution is -2.21. The van der Waals surface area contributed by atoms with Gasteiger partial charge in [0.05, 0.1) is 11.1 Å². The lowest BCUT2D eigenvalue weighted by atomic mass is 10.1. The van der Waals surface area contributed by atoms with Crippen LogP contribution in [-0.4, -0.2) is 18.9 Å². The maximum atomic E-state index is 13.6. The second-order valence-electron chi connectivity index (χ2n) is 4.50. The lowest BCUT2D eigenvalue weighted by Gasteiger charge is -2.07. The standard InChI is InChI=1S/C15H15FN2O2S/c1-8-9(2)21-15(12(8)14(20)17-3)18-13(19)10-6-4-5-7-11(10)16/h4-7H,1-3H3,(H,17,20)(H,18,19). The quantitative estimate of drug-likeness (QED) is 0.915. The Morgan fingerprint density at radius 1 is 1.14 bits per heavy atom. The van der Waals surface area contributed by atoms with Crippen molar-refractivity contribution >= 4 is 28.2 Å². The van der Waals surface area contributed by atoms with E-state index in [1.807, 2.05) is 13.8 Å². The van der Waals surface area contributed by atoms with Crippen molar-refractivity contribution in [1.29, 1.82) is 0 Å². The predicted octanol–water partition coefficient (Wildman–Crippen LogP) is 3.12. The van der Waals surface area contributed by atoms with E-state index in [0.717, 1.165) is 10.4 Å². The van der Waals surface area contributed by atoms with Gasteiger partial charge < -0.3 is 10.6 Å². The molecule has 2 N–H and O–H groups in total. The Labute approximate surface area is 126 Å². The van der Waals surface area contributed by atoms with Crippen molar-refractivity contribution in [2.24, 2.45) is 0 Å². The highest BCUT2D eigenvalue weighted by molar-refractivity contribution is 7.16. The van der Waals surface area contributed by atoms with E-state index < -0.39 is 11.7 Å². The van der Waals surface area contributed by atoms with Gasteiger partial charge in [0.2, 0.25) is 0 Å². The number of hydrogen-bond donors (Lipinski definition) is 2. The summed E-state index contributed by atoms with van der Waals surface area (Å²) >= 11 is 1.30. The molecule has 1 heterocycles. The van der Waals surface area contributed by atoms with Gasteiger partial charge in [-0.3, -0.25) is 9.59 Å². The second kappa shape index (κ2) is 6.05. The van der Waals surface area contributed by atoms with Gasteiger partial charge in [-0.05, 0) is 31.5 Å². The van der Waals surface area contributed by atoms with Crippen LogP contribution in [0, 0.1) is 19.7 Å². The molecule has 0 saturated carbocycles. The van der Waals surface area contributed by atoms with Crippen molar-refractivity contribution in [3.63, 3.8) is 0 Å². The van der Waals surface area contributed by atoms with Crippen molar-refractivity contribution < 1.29 is 14.0 Å². The summed E-state index contributed by atoms with van der Waals surface area (Å²) in [7, 11) is 1.53. The number of carbonyl (C=O) groups excluding carboxylic acids is 2. The first-order valence-electron chi connectivity index (χ1n) is 6.33. The summed E-state index contributed by atoms with van der Waals surface area (Å²) in [6, 6.07) is 5.72. The van der Waals surface area contributed by atoms with Crippen LogP contribution in [0.15, 0.2) is 24.3 Å². The SMILES string of the molecule is CNC(=O)c1c(NC(=O)c2ccccc2F)sc(C)c1C. The van der Waals surface area contributed by atoms with Crippen LogP contribution in [0.25, 0.3) is 0 Å². The first-order valence-corrected chi connectivity index (χ1v) is 7.15. The first-order chi connectivity index (χ1) is 9.95. The minimum Gasteiger partial charge on any atom is -0.355 e. The van der Waals surface area contributed by atoms with Crippen LogP contribution < -0.4 is 10.6 Å². The highest BCUT2D eigenvalue weighted by Crippen LogP contribution is 2.32. The molecule has 1 aromatic heterocycles. The number of hydrogen-bond acceptors (Lipinski definition) is 3. The van der Waals surface area contributed by atoms with E-state index in [0.29, 0.717) is 10.6 Å². The Kier molecular flexibility index (Phi) is 4.37. The van der Waals surface area contributed by atoms with Crippen molar-refractivity contribution in [2.45, 2.75) is 13.8 Å². The Hall–Kier alpha value is -2.21. The van der Waals surface area contributed by atoms with Gasteiger partial charge in [0, 0.05) is 11.9 Å². The van der Waals surface area contributed by atoms with Crippen LogP contribution in [-0.2, 0) is 0 Å². The predicted molar refractivity (Wildman–Crippen MR) is 81.5 cm³/mol. The monoisotopic (exact) mass is 306 g/mol. The number of aryl methyl sites for hydroxylation is 1. The summed E-state index contributed by atoms with van der Waals surface area (Å²) in [5.41, 5.74) is 1.18. The molecule has 1 aromatic carbocycles. The van der Waals surface area contributed by atoms with Crippen molar-refractivity contribution in [3.8, 4) is 0 Å². The topological polar surface area (TPSA) is 58.2 Å². The van der Waals surface area contributed by atoms with E-state index in [2.05, 4.69) is 10.6 Å². The Morgan fingerprint density at radius 3 is 2.43 bits per heavy atom. The molecule has 2 rings (SSSR count). The maximum Gasteiger partial charge on any atom is 0.259 e. The Morgan fingerprint density at radius 2 is 1.81 bits per heavy atom. The molecule has 0 radical (unpaired) electrons. The normalized spacial score (nSPS) is 10.3. The average Bonchev–Trinajstić information content (AvgIpc) is 2.73. The van der Waals surface area contributed by atoms with Crippen LogP contribution in [0.2, 0.25) is 0 Å². The molecule has 2 aromatic rings. The summed E-state index contributed by atoms with van der Waals surface area (Å²) in [5, 5.41) is 5.59. The fraction of sp³-hybridized carbons (Fsp3) is 0.200. The first kappa shape index (κ1) is 15.2. The van der Waals surface area contributed by atoms with E-state index in [-0.39, 0.29) is 11.5 Å². The van der Waals surface area contributed by atoms with Crippen LogP contribution in [0.1, 0.15) is 31.2 Å². The van der Waals surface area contributed by atoms with Crippen molar-refractivity contribution in [2.75, 3.05) is 12.4 Å². The van der Waals surface area contributed by atoms with Crippen LogP contribution in [0.4, 0.5) is 9.39 Å². The number of rotatable bonds is 3. The summed E-state index contributed by atoms with van der Waals surface area (Å²) in [6.07, 6.45) is 0. The molecule has 6 heteroatoms. The van der Waals surface area contributed by atoms with E-state index >= 15 is 0 Å². The van der Waals surface area contributed by atoms with E-state index in [4.69, 9.17) is 0 Å². The highest BCUT2D eigenvalue weighted by Gasteiger charge is 2.21. The molecule has 2 amide bonds. The molecular formula is C15H15FN2O2S. The summed E-state index contributed by atoms with van der Waals surface area (Å²) < 4.78 is 13.6. The van der Waals surface area contributed by atoms with Gasteiger partial charge in [-0.1, -0.05) is 12.1 Å². The van der Waals surface area contributed by atoms with Gasteiger partial charge in [0.15, 0.2) is 0 Å². The lowest BCUT2D eigenvalue weighted by molar-refractivity contribution is 0.0963. The molecule has 4 nitrogen and oxygen atoms in total. The van der Waals surface area contributed by atoms with Crippen molar-refractivity contribution in [3.05, 3.63) is 51.7 Å². The Bertz CT molecular complexity index is 710. The zero-order chi connectivity index (χ0) is 15.6. The summed E-state index contributed by atoms with van der Waals surface area (Å²) in [5.74, 6) is -1.44. The molecule has 0 aliphatic heterocycles. The third-order valence-corrected chi connectivity index (χ3v) is 4.31. The molecule has 0 aliphatic carbocycles. The Balaban J connectivity index is 2.36. The fourth-order valence-corrected chi connectivity index (χ4v) is 2.98. The third-order valence-electron chi connectivity index (χ3n) is 3.18. The number of anilines is 1. The zero-order valence-electron chi connectivity index (χ0n) is 11.9. The smallest absolute Gasteiger partial charge is 0.259 e. The number of benzene rings is 1. The zero-order valence-corrected chi connectivity index (χ0v) is 12.7. The number of amides is 2. The van der Waals surface area contributed by atoms with Gasteiger partial charge in [-0.2, -0.15) is 0 Å². The molecule has 0 saturated heterocycles. The molecule has 21 heavy (non-hydrogen) atoms. The second-order valence-corrected chi connectivity index (χ2v) is 5.73. The number of halogens is 1. The van der Waals surface area contributed by atoms with Crippen LogP contribution >= 0.6 is 11.3 Å². The van der Waals surface area contributed by atoms with Gasteiger partial charge in [-0.25, -0.2) is 4.39 Å². The largest absolute Gasteiger partial charge is 0.355 e. The number of thiophene rings is 1. The molecule has 0 spiro atoms. The molecule has 0 bridgehead atoms. The van der Waals surface area contributed by atoms with Gasteiger partial charge in [-0.15, -0.1) is 11.3 Å². The minimum atomic E-state index is -0.596. The molecule has 0 atom stereocenters.